The minimum absolute atomic E-state index is 0.0577. The highest BCUT2D eigenvalue weighted by Gasteiger charge is 2.66. The maximum Gasteiger partial charge on any atom is 0.411 e. The number of allylic oxidation sites excluding steroid dienone is 1. The number of hydrogen-bond acceptors (Lipinski definition) is 5. The number of esters is 1. The molecule has 2 fully saturated rings. The van der Waals surface area contributed by atoms with Gasteiger partial charge in [0.25, 0.3) is 0 Å². The molecular weight excluding hydrogens is 356 g/mol. The summed E-state index contributed by atoms with van der Waals surface area (Å²) in [6.07, 6.45) is 2.00. The van der Waals surface area contributed by atoms with Crippen molar-refractivity contribution < 1.29 is 19.1 Å². The van der Waals surface area contributed by atoms with Gasteiger partial charge in [0.15, 0.2) is 0 Å². The molecule has 3 rings (SSSR count). The van der Waals surface area contributed by atoms with E-state index in [1.165, 1.54) is 12.7 Å². The topological polar surface area (TPSA) is 59.1 Å². The third-order valence-electron chi connectivity index (χ3n) is 5.63. The highest BCUT2D eigenvalue weighted by atomic mass is 16.6. The number of amides is 1. The largest absolute Gasteiger partial charge is 0.467 e. The fourth-order valence-electron chi connectivity index (χ4n) is 4.55. The Labute approximate surface area is 167 Å². The fraction of sp³-hybridized carbons (Fsp3) is 0.545. The van der Waals surface area contributed by atoms with Gasteiger partial charge >= 0.3 is 12.1 Å². The normalized spacial score (nSPS) is 26.9. The number of carbonyl (C=O) groups excluding carboxylic acids is 2. The van der Waals surface area contributed by atoms with Crippen molar-refractivity contribution in [1.29, 1.82) is 0 Å². The van der Waals surface area contributed by atoms with Crippen LogP contribution in [-0.4, -0.2) is 59.7 Å². The molecule has 28 heavy (non-hydrogen) atoms. The molecular formula is C22H30N2O4. The Kier molecular flexibility index (Phi) is 5.53. The summed E-state index contributed by atoms with van der Waals surface area (Å²) < 4.78 is 10.7. The molecule has 0 aliphatic carbocycles. The number of benzene rings is 1. The Hall–Kier alpha value is -2.34. The number of rotatable bonds is 5. The smallest absolute Gasteiger partial charge is 0.411 e. The van der Waals surface area contributed by atoms with Gasteiger partial charge in [0.2, 0.25) is 0 Å². The van der Waals surface area contributed by atoms with Gasteiger partial charge < -0.3 is 9.47 Å². The molecule has 1 aromatic carbocycles. The lowest BCUT2D eigenvalue weighted by Crippen LogP contribution is -2.67. The van der Waals surface area contributed by atoms with Gasteiger partial charge in [-0.2, -0.15) is 0 Å². The summed E-state index contributed by atoms with van der Waals surface area (Å²) >= 11 is 0. The first-order valence-corrected chi connectivity index (χ1v) is 9.68. The summed E-state index contributed by atoms with van der Waals surface area (Å²) in [5, 5.41) is 0. The summed E-state index contributed by atoms with van der Waals surface area (Å²) in [4.78, 5) is 29.4. The number of hydrogen-bond donors (Lipinski definition) is 0. The van der Waals surface area contributed by atoms with E-state index in [2.05, 4.69) is 23.6 Å². The zero-order valence-electron chi connectivity index (χ0n) is 17.2. The Bertz CT molecular complexity index is 743. The van der Waals surface area contributed by atoms with Crippen molar-refractivity contribution in [1.82, 2.24) is 9.80 Å². The fourth-order valence-corrected chi connectivity index (χ4v) is 4.55. The van der Waals surface area contributed by atoms with Crippen LogP contribution in [0.5, 0.6) is 0 Å². The number of carbonyl (C=O) groups is 2. The average molecular weight is 386 g/mol. The lowest BCUT2D eigenvalue weighted by Gasteiger charge is -2.54. The van der Waals surface area contributed by atoms with Crippen LogP contribution in [-0.2, 0) is 20.8 Å². The van der Waals surface area contributed by atoms with Crippen LogP contribution in [0.25, 0.3) is 0 Å². The predicted octanol–water partition coefficient (Wildman–Crippen LogP) is 3.23. The summed E-state index contributed by atoms with van der Waals surface area (Å²) in [6, 6.07) is 9.60. The van der Waals surface area contributed by atoms with E-state index in [1.54, 1.807) is 4.90 Å². The van der Waals surface area contributed by atoms with Crippen LogP contribution in [0.2, 0.25) is 0 Å². The maximum absolute atomic E-state index is 12.9. The minimum Gasteiger partial charge on any atom is -0.467 e. The van der Waals surface area contributed by atoms with Gasteiger partial charge in [0.05, 0.1) is 7.11 Å². The second kappa shape index (κ2) is 7.59. The van der Waals surface area contributed by atoms with Crippen LogP contribution in [0.15, 0.2) is 43.0 Å². The Morgan fingerprint density at radius 3 is 2.54 bits per heavy atom. The first-order valence-electron chi connectivity index (χ1n) is 9.68. The van der Waals surface area contributed by atoms with Crippen LogP contribution < -0.4 is 0 Å². The van der Waals surface area contributed by atoms with Gasteiger partial charge in [-0.15, -0.1) is 6.58 Å². The zero-order valence-corrected chi connectivity index (χ0v) is 17.2. The Morgan fingerprint density at radius 1 is 1.29 bits per heavy atom. The molecule has 152 valence electrons. The highest BCUT2D eigenvalue weighted by molar-refractivity contribution is 5.84. The summed E-state index contributed by atoms with van der Waals surface area (Å²) in [7, 11) is 1.37. The molecule has 0 spiro atoms. The van der Waals surface area contributed by atoms with E-state index in [0.29, 0.717) is 19.5 Å². The predicted molar refractivity (Wildman–Crippen MR) is 107 cm³/mol. The SMILES string of the molecule is C=CC[C@]12CN(Cc3ccccc3)C1CN(C(=O)OC(C)(C)C)[C@@H]2C(=O)OC. The third kappa shape index (κ3) is 3.65. The number of nitrogens with zero attached hydrogens (tertiary/aromatic N) is 2. The molecule has 2 saturated heterocycles. The monoisotopic (exact) mass is 386 g/mol. The molecule has 0 saturated carbocycles. The van der Waals surface area contributed by atoms with Gasteiger partial charge in [-0.05, 0) is 32.8 Å². The van der Waals surface area contributed by atoms with Crippen LogP contribution >= 0.6 is 0 Å². The van der Waals surface area contributed by atoms with E-state index in [9.17, 15) is 9.59 Å². The zero-order chi connectivity index (χ0) is 20.5. The van der Waals surface area contributed by atoms with Gasteiger partial charge in [-0.1, -0.05) is 36.4 Å². The molecule has 1 aromatic rings. The van der Waals surface area contributed by atoms with Crippen molar-refractivity contribution in [2.24, 2.45) is 5.41 Å². The van der Waals surface area contributed by atoms with Crippen LogP contribution in [0.4, 0.5) is 4.79 Å². The van der Waals surface area contributed by atoms with E-state index < -0.39 is 23.7 Å². The standard InChI is InChI=1S/C22H30N2O4/c1-6-12-22-15-23(13-16-10-8-7-9-11-16)17(22)14-24(18(22)19(25)27-5)20(26)28-21(2,3)4/h6-11,17-18H,1,12-15H2,2-5H3/t17?,18-,22+/m1/s1. The molecule has 0 aromatic heterocycles. The second-order valence-corrected chi connectivity index (χ2v) is 8.69. The molecule has 2 aliphatic rings. The average Bonchev–Trinajstić information content (AvgIpc) is 2.88. The second-order valence-electron chi connectivity index (χ2n) is 8.69. The molecule has 3 atom stereocenters. The molecule has 1 amide bonds. The van der Waals surface area contributed by atoms with Crippen molar-refractivity contribution in [2.45, 2.75) is 51.4 Å². The van der Waals surface area contributed by atoms with Crippen molar-refractivity contribution in [3.8, 4) is 0 Å². The van der Waals surface area contributed by atoms with Gasteiger partial charge in [-0.25, -0.2) is 9.59 Å². The highest BCUT2D eigenvalue weighted by Crippen LogP contribution is 2.52. The maximum atomic E-state index is 12.9. The van der Waals surface area contributed by atoms with Crippen molar-refractivity contribution in [2.75, 3.05) is 20.2 Å². The summed E-state index contributed by atoms with van der Waals surface area (Å²) in [5.74, 6) is -0.394. The van der Waals surface area contributed by atoms with Crippen LogP contribution in [0.3, 0.4) is 0 Å². The van der Waals surface area contributed by atoms with Crippen molar-refractivity contribution >= 4 is 12.1 Å². The molecule has 1 unspecified atom stereocenters. The van der Waals surface area contributed by atoms with Crippen LogP contribution in [0, 0.1) is 5.41 Å². The van der Waals surface area contributed by atoms with Crippen LogP contribution in [0.1, 0.15) is 32.8 Å². The third-order valence-corrected chi connectivity index (χ3v) is 5.63. The number of fused-ring (bicyclic) bond motifs is 1. The van der Waals surface area contributed by atoms with E-state index in [0.717, 1.165) is 6.54 Å². The molecule has 6 heteroatoms. The van der Waals surface area contributed by atoms with Gasteiger partial charge in [0.1, 0.15) is 11.6 Å². The number of ether oxygens (including phenoxy) is 2. The molecule has 6 nitrogen and oxygen atoms in total. The van der Waals surface area contributed by atoms with E-state index in [-0.39, 0.29) is 11.5 Å². The molecule has 0 bridgehead atoms. The number of likely N-dealkylation sites (tertiary alicyclic amines) is 2. The first kappa shape index (κ1) is 20.4. The Morgan fingerprint density at radius 2 is 1.96 bits per heavy atom. The molecule has 0 radical (unpaired) electrons. The van der Waals surface area contributed by atoms with Crippen molar-refractivity contribution in [3.63, 3.8) is 0 Å². The minimum atomic E-state index is -0.664. The quantitative estimate of drug-likeness (QED) is 0.574. The number of methoxy groups -OCH3 is 1. The lowest BCUT2D eigenvalue weighted by molar-refractivity contribution is -0.155. The van der Waals surface area contributed by atoms with E-state index in [1.807, 2.05) is 45.0 Å². The molecule has 0 N–H and O–H groups in total. The first-order chi connectivity index (χ1) is 13.2. The van der Waals surface area contributed by atoms with Crippen molar-refractivity contribution in [3.05, 3.63) is 48.6 Å². The van der Waals surface area contributed by atoms with Gasteiger partial charge in [-0.3, -0.25) is 9.80 Å². The van der Waals surface area contributed by atoms with E-state index >= 15 is 0 Å². The van der Waals surface area contributed by atoms with E-state index in [4.69, 9.17) is 9.47 Å². The van der Waals surface area contributed by atoms with Gasteiger partial charge in [0, 0.05) is 31.1 Å². The summed E-state index contributed by atoms with van der Waals surface area (Å²) in [6.45, 7) is 11.3. The lowest BCUT2D eigenvalue weighted by atomic mass is 9.66. The Balaban J connectivity index is 1.88. The molecule has 2 aliphatic heterocycles. The summed E-state index contributed by atoms with van der Waals surface area (Å²) in [5.41, 5.74) is 0.190. The molecule has 2 heterocycles.